The van der Waals surface area contributed by atoms with Gasteiger partial charge < -0.3 is 20.6 Å². The molecule has 0 bridgehead atoms. The van der Waals surface area contributed by atoms with Gasteiger partial charge in [0.2, 0.25) is 11.8 Å². The first-order valence-electron chi connectivity index (χ1n) is 12.0. The zero-order chi connectivity index (χ0) is 25.4. The predicted octanol–water partition coefficient (Wildman–Crippen LogP) is 1.04. The van der Waals surface area contributed by atoms with Crippen LogP contribution in [0, 0.1) is 0 Å². The summed E-state index contributed by atoms with van der Waals surface area (Å²) >= 11 is 0. The van der Waals surface area contributed by atoms with Gasteiger partial charge in [-0.05, 0) is 37.8 Å². The van der Waals surface area contributed by atoms with Crippen molar-refractivity contribution in [3.05, 3.63) is 59.6 Å². The Hall–Kier alpha value is -3.99. The molecule has 0 saturated carbocycles. The summed E-state index contributed by atoms with van der Waals surface area (Å²) in [5.41, 5.74) is 2.56. The van der Waals surface area contributed by atoms with Crippen LogP contribution in [0.5, 0.6) is 0 Å². The molecule has 11 nitrogen and oxygen atoms in total. The molecule has 5 rings (SSSR count). The Morgan fingerprint density at radius 1 is 1.17 bits per heavy atom. The zero-order valence-electron chi connectivity index (χ0n) is 19.8. The maximum absolute atomic E-state index is 13.3. The lowest BCUT2D eigenvalue weighted by atomic mass is 10.0. The molecular formula is C25H28N6O5. The highest BCUT2D eigenvalue weighted by molar-refractivity contribution is 6.25. The largest absolute Gasteiger partial charge is 0.387 e. The average molecular weight is 493 g/mol. The molecule has 4 heterocycles. The Labute approximate surface area is 207 Å². The molecule has 1 aromatic carbocycles. The number of aromatic nitrogens is 2. The van der Waals surface area contributed by atoms with E-state index in [9.17, 15) is 19.2 Å². The summed E-state index contributed by atoms with van der Waals surface area (Å²) in [7, 11) is 0. The summed E-state index contributed by atoms with van der Waals surface area (Å²) < 4.78 is 1.89. The van der Waals surface area contributed by atoms with Crippen LogP contribution >= 0.6 is 0 Å². The van der Waals surface area contributed by atoms with Crippen LogP contribution < -0.4 is 10.6 Å². The smallest absolute Gasteiger partial charge is 0.264 e. The summed E-state index contributed by atoms with van der Waals surface area (Å²) in [6.45, 7) is 4.83. The van der Waals surface area contributed by atoms with E-state index in [0.29, 0.717) is 43.9 Å². The zero-order valence-corrected chi connectivity index (χ0v) is 19.8. The fraction of sp³-hybridized carbons (Fsp3) is 0.400. The number of hydrogen-bond acceptors (Lipinski definition) is 7. The molecule has 3 aliphatic heterocycles. The Bertz CT molecular complexity index is 1250. The van der Waals surface area contributed by atoms with Crippen molar-refractivity contribution < 1.29 is 24.3 Å². The van der Waals surface area contributed by atoms with Crippen LogP contribution in [0.25, 0.3) is 0 Å². The molecule has 4 amide bonds. The fourth-order valence-electron chi connectivity index (χ4n) is 5.09. The van der Waals surface area contributed by atoms with Gasteiger partial charge in [0.25, 0.3) is 11.8 Å². The molecule has 188 valence electrons. The number of amides is 4. The maximum Gasteiger partial charge on any atom is 0.264 e. The second kappa shape index (κ2) is 9.57. The minimum Gasteiger partial charge on any atom is -0.387 e. The number of carbonyl (C=O) groups excluding carboxylic acids is 4. The van der Waals surface area contributed by atoms with E-state index in [-0.39, 0.29) is 23.1 Å². The van der Waals surface area contributed by atoms with E-state index < -0.39 is 30.4 Å². The average Bonchev–Trinajstić information content (AvgIpc) is 3.46. The van der Waals surface area contributed by atoms with Gasteiger partial charge in [-0.15, -0.1) is 0 Å². The molecule has 0 aliphatic carbocycles. The topological polar surface area (TPSA) is 137 Å². The molecule has 2 fully saturated rings. The number of aliphatic hydroxyl groups excluding tert-OH is 1. The number of carbonyl (C=O) groups is 4. The lowest BCUT2D eigenvalue weighted by Gasteiger charge is -2.31. The highest BCUT2D eigenvalue weighted by atomic mass is 16.3. The van der Waals surface area contributed by atoms with E-state index >= 15 is 0 Å². The fourth-order valence-corrected chi connectivity index (χ4v) is 5.09. The van der Waals surface area contributed by atoms with Crippen molar-refractivity contribution in [1.29, 1.82) is 0 Å². The van der Waals surface area contributed by atoms with Crippen molar-refractivity contribution in [1.82, 2.24) is 24.9 Å². The number of allylic oxidation sites excluding steroid dienone is 1. The molecule has 1 unspecified atom stereocenters. The summed E-state index contributed by atoms with van der Waals surface area (Å²) in [4.78, 5) is 53.2. The molecule has 0 spiro atoms. The second-order valence-corrected chi connectivity index (χ2v) is 9.31. The molecule has 1 aromatic heterocycles. The number of imide groups is 1. The molecule has 2 aromatic rings. The van der Waals surface area contributed by atoms with Crippen LogP contribution in [-0.4, -0.2) is 74.1 Å². The van der Waals surface area contributed by atoms with Gasteiger partial charge in [-0.1, -0.05) is 12.6 Å². The summed E-state index contributed by atoms with van der Waals surface area (Å²) in [6, 6.07) is 4.37. The van der Waals surface area contributed by atoms with Crippen molar-refractivity contribution >= 4 is 29.3 Å². The molecule has 3 aliphatic rings. The van der Waals surface area contributed by atoms with Gasteiger partial charge in [-0.2, -0.15) is 5.10 Å². The minimum atomic E-state index is -0.854. The van der Waals surface area contributed by atoms with Crippen LogP contribution in [-0.2, 0) is 16.1 Å². The van der Waals surface area contributed by atoms with Gasteiger partial charge in [-0.25, -0.2) is 0 Å². The third-order valence-corrected chi connectivity index (χ3v) is 7.04. The standard InChI is InChI=1S/C25H28N6O5/c1-15-5-6-20(23(34)28-15)31-24(35)18-3-2-4-19(22(18)25(31)36)26-11-16-12-27-30(13-16)17-7-9-29(10-8-17)21(33)14-32/h2-4,12-13,17,20,26,32H,1,5-11,14H2,(H,28,34). The van der Waals surface area contributed by atoms with E-state index in [2.05, 4.69) is 22.3 Å². The maximum atomic E-state index is 13.3. The normalized spacial score (nSPS) is 20.5. The highest BCUT2D eigenvalue weighted by Gasteiger charge is 2.45. The molecule has 3 N–H and O–H groups in total. The van der Waals surface area contributed by atoms with E-state index in [1.54, 1.807) is 29.3 Å². The molecule has 36 heavy (non-hydrogen) atoms. The number of nitrogens with zero attached hydrogens (tertiary/aromatic N) is 4. The van der Waals surface area contributed by atoms with Crippen LogP contribution in [0.2, 0.25) is 0 Å². The summed E-state index contributed by atoms with van der Waals surface area (Å²) in [5.74, 6) is -1.60. The Balaban J connectivity index is 1.26. The molecule has 11 heteroatoms. The molecular weight excluding hydrogens is 464 g/mol. The van der Waals surface area contributed by atoms with Gasteiger partial charge in [-0.3, -0.25) is 28.8 Å². The Morgan fingerprint density at radius 3 is 2.67 bits per heavy atom. The number of aliphatic hydroxyl groups is 1. The van der Waals surface area contributed by atoms with E-state index in [1.165, 1.54) is 0 Å². The lowest BCUT2D eigenvalue weighted by molar-refractivity contribution is -0.135. The first-order chi connectivity index (χ1) is 17.4. The van der Waals surface area contributed by atoms with Gasteiger partial charge in [0.15, 0.2) is 0 Å². The second-order valence-electron chi connectivity index (χ2n) is 9.31. The highest BCUT2D eigenvalue weighted by Crippen LogP contribution is 2.33. The van der Waals surface area contributed by atoms with Crippen molar-refractivity contribution in [3.63, 3.8) is 0 Å². The number of likely N-dealkylation sites (tertiary alicyclic amines) is 1. The number of hydrogen-bond donors (Lipinski definition) is 3. The van der Waals surface area contributed by atoms with Crippen LogP contribution in [0.4, 0.5) is 5.69 Å². The van der Waals surface area contributed by atoms with Crippen LogP contribution in [0.1, 0.15) is 58.0 Å². The Morgan fingerprint density at radius 2 is 1.94 bits per heavy atom. The van der Waals surface area contributed by atoms with Gasteiger partial charge in [0.1, 0.15) is 12.6 Å². The first-order valence-corrected chi connectivity index (χ1v) is 12.0. The third kappa shape index (κ3) is 4.26. The predicted molar refractivity (Wildman–Crippen MR) is 129 cm³/mol. The van der Waals surface area contributed by atoms with Gasteiger partial charge in [0, 0.05) is 42.8 Å². The third-order valence-electron chi connectivity index (χ3n) is 7.04. The number of nitrogens with one attached hydrogen (secondary N) is 2. The number of rotatable bonds is 6. The van der Waals surface area contributed by atoms with E-state index in [0.717, 1.165) is 23.3 Å². The van der Waals surface area contributed by atoms with Gasteiger partial charge in [0.05, 0.1) is 23.4 Å². The molecule has 1 atom stereocenters. The first kappa shape index (κ1) is 23.7. The number of fused-ring (bicyclic) bond motifs is 1. The van der Waals surface area contributed by atoms with Crippen molar-refractivity contribution in [2.45, 2.75) is 44.3 Å². The summed E-state index contributed by atoms with van der Waals surface area (Å²) in [6.07, 6.45) is 6.05. The van der Waals surface area contributed by atoms with E-state index in [1.807, 2.05) is 10.9 Å². The number of benzene rings is 1. The molecule has 0 radical (unpaired) electrons. The molecule has 2 saturated heterocycles. The number of anilines is 1. The van der Waals surface area contributed by atoms with Gasteiger partial charge >= 0.3 is 0 Å². The van der Waals surface area contributed by atoms with E-state index in [4.69, 9.17) is 5.11 Å². The van der Waals surface area contributed by atoms with Crippen LogP contribution in [0.3, 0.4) is 0 Å². The van der Waals surface area contributed by atoms with Crippen molar-refractivity contribution in [2.75, 3.05) is 25.0 Å². The van der Waals surface area contributed by atoms with Crippen molar-refractivity contribution in [3.8, 4) is 0 Å². The Kier molecular flexibility index (Phi) is 6.31. The SMILES string of the molecule is C=C1CCC(N2C(=O)c3cccc(NCc4cnn(C5CCN(C(=O)CO)CC5)c4)c3C2=O)C(=O)N1. The lowest BCUT2D eigenvalue weighted by Crippen LogP contribution is -2.51. The quantitative estimate of drug-likeness (QED) is 0.513. The van der Waals surface area contributed by atoms with Crippen molar-refractivity contribution in [2.24, 2.45) is 0 Å². The minimum absolute atomic E-state index is 0.160. The monoisotopic (exact) mass is 492 g/mol. The summed E-state index contributed by atoms with van der Waals surface area (Å²) in [5, 5.41) is 19.4. The number of piperidine rings is 2. The van der Waals surface area contributed by atoms with Crippen LogP contribution in [0.15, 0.2) is 42.9 Å².